The summed E-state index contributed by atoms with van der Waals surface area (Å²) in [5.41, 5.74) is -0.0480. The lowest BCUT2D eigenvalue weighted by atomic mass is 10.1. The summed E-state index contributed by atoms with van der Waals surface area (Å²) >= 11 is 5.89. The third-order valence-electron chi connectivity index (χ3n) is 2.77. The molecule has 2 aromatic carbocycles. The molecule has 0 bridgehead atoms. The van der Waals surface area contributed by atoms with Crippen molar-refractivity contribution in [3.8, 4) is 0 Å². The molecule has 0 aromatic heterocycles. The van der Waals surface area contributed by atoms with E-state index in [2.05, 4.69) is 5.32 Å². The SMILES string of the molecule is O=C(C=Cc1cccc(C(F)(F)F)c1)Nc1ccccc1Cl. The van der Waals surface area contributed by atoms with E-state index < -0.39 is 17.6 Å². The van der Waals surface area contributed by atoms with Crippen LogP contribution in [-0.4, -0.2) is 5.91 Å². The van der Waals surface area contributed by atoms with E-state index in [1.165, 1.54) is 18.2 Å². The van der Waals surface area contributed by atoms with E-state index in [4.69, 9.17) is 11.6 Å². The van der Waals surface area contributed by atoms with Crippen molar-refractivity contribution < 1.29 is 18.0 Å². The molecule has 2 aromatic rings. The first-order valence-corrected chi connectivity index (χ1v) is 6.65. The van der Waals surface area contributed by atoms with Gasteiger partial charge in [-0.1, -0.05) is 35.9 Å². The Morgan fingerprint density at radius 2 is 1.82 bits per heavy atom. The summed E-state index contributed by atoms with van der Waals surface area (Å²) in [5, 5.41) is 2.92. The number of benzene rings is 2. The first-order valence-electron chi connectivity index (χ1n) is 6.27. The number of hydrogen-bond donors (Lipinski definition) is 1. The molecule has 0 unspecified atom stereocenters. The molecule has 114 valence electrons. The topological polar surface area (TPSA) is 29.1 Å². The minimum atomic E-state index is -4.41. The van der Waals surface area contributed by atoms with Crippen molar-refractivity contribution in [1.29, 1.82) is 0 Å². The largest absolute Gasteiger partial charge is 0.416 e. The molecule has 2 nitrogen and oxygen atoms in total. The number of carbonyl (C=O) groups is 1. The van der Waals surface area contributed by atoms with Crippen LogP contribution in [0.5, 0.6) is 0 Å². The van der Waals surface area contributed by atoms with Gasteiger partial charge in [-0.2, -0.15) is 13.2 Å². The summed E-state index contributed by atoms with van der Waals surface area (Å²) in [4.78, 5) is 11.7. The summed E-state index contributed by atoms with van der Waals surface area (Å²) in [5.74, 6) is -0.481. The van der Waals surface area contributed by atoms with Crippen LogP contribution in [0.1, 0.15) is 11.1 Å². The van der Waals surface area contributed by atoms with Gasteiger partial charge in [0.2, 0.25) is 5.91 Å². The number of hydrogen-bond acceptors (Lipinski definition) is 1. The van der Waals surface area contributed by atoms with Gasteiger partial charge in [0.25, 0.3) is 0 Å². The highest BCUT2D eigenvalue weighted by Crippen LogP contribution is 2.29. The second kappa shape index (κ2) is 6.66. The van der Waals surface area contributed by atoms with Gasteiger partial charge in [0.15, 0.2) is 0 Å². The lowest BCUT2D eigenvalue weighted by Crippen LogP contribution is -2.08. The molecule has 0 radical (unpaired) electrons. The number of rotatable bonds is 3. The highest BCUT2D eigenvalue weighted by atomic mass is 35.5. The van der Waals surface area contributed by atoms with Crippen LogP contribution in [0.15, 0.2) is 54.6 Å². The van der Waals surface area contributed by atoms with Gasteiger partial charge in [-0.3, -0.25) is 4.79 Å². The molecule has 0 spiro atoms. The molecule has 0 saturated heterocycles. The quantitative estimate of drug-likeness (QED) is 0.790. The number of halogens is 4. The maximum atomic E-state index is 12.6. The van der Waals surface area contributed by atoms with Gasteiger partial charge in [0.05, 0.1) is 16.3 Å². The molecular formula is C16H11ClF3NO. The zero-order chi connectivity index (χ0) is 16.2. The fourth-order valence-electron chi connectivity index (χ4n) is 1.73. The lowest BCUT2D eigenvalue weighted by molar-refractivity contribution is -0.137. The van der Waals surface area contributed by atoms with Crippen molar-refractivity contribution >= 4 is 29.3 Å². The van der Waals surface area contributed by atoms with Crippen LogP contribution in [-0.2, 0) is 11.0 Å². The Hall–Kier alpha value is -2.27. The summed E-state index contributed by atoms with van der Waals surface area (Å²) in [7, 11) is 0. The van der Waals surface area contributed by atoms with Gasteiger partial charge >= 0.3 is 6.18 Å². The minimum Gasteiger partial charge on any atom is -0.321 e. The molecule has 0 aliphatic rings. The fourth-order valence-corrected chi connectivity index (χ4v) is 1.91. The van der Waals surface area contributed by atoms with Gasteiger partial charge in [0, 0.05) is 6.08 Å². The normalized spacial score (nSPS) is 11.6. The standard InChI is InChI=1S/C16H11ClF3NO/c17-13-6-1-2-7-14(13)21-15(22)9-8-11-4-3-5-12(10-11)16(18,19)20/h1-10H,(H,21,22). The second-order valence-corrected chi connectivity index (χ2v) is 4.83. The average Bonchev–Trinajstić information content (AvgIpc) is 2.47. The van der Waals surface area contributed by atoms with Gasteiger partial charge < -0.3 is 5.32 Å². The van der Waals surface area contributed by atoms with Crippen LogP contribution in [0.3, 0.4) is 0 Å². The van der Waals surface area contributed by atoms with Crippen molar-refractivity contribution in [3.05, 3.63) is 70.8 Å². The average molecular weight is 326 g/mol. The van der Waals surface area contributed by atoms with Gasteiger partial charge in [-0.15, -0.1) is 0 Å². The number of anilines is 1. The zero-order valence-corrected chi connectivity index (χ0v) is 11.9. The molecule has 0 fully saturated rings. The third-order valence-corrected chi connectivity index (χ3v) is 3.10. The summed E-state index contributed by atoms with van der Waals surface area (Å²) < 4.78 is 37.7. The zero-order valence-electron chi connectivity index (χ0n) is 11.2. The van der Waals surface area contributed by atoms with E-state index in [9.17, 15) is 18.0 Å². The van der Waals surface area contributed by atoms with Crippen molar-refractivity contribution in [2.24, 2.45) is 0 Å². The Balaban J connectivity index is 2.09. The van der Waals surface area contributed by atoms with E-state index in [0.717, 1.165) is 18.2 Å². The smallest absolute Gasteiger partial charge is 0.321 e. The highest BCUT2D eigenvalue weighted by molar-refractivity contribution is 6.33. The van der Waals surface area contributed by atoms with Crippen LogP contribution in [0.2, 0.25) is 5.02 Å². The predicted molar refractivity (Wildman–Crippen MR) is 80.6 cm³/mol. The number of alkyl halides is 3. The lowest BCUT2D eigenvalue weighted by Gasteiger charge is -2.07. The van der Waals surface area contributed by atoms with Crippen molar-refractivity contribution in [3.63, 3.8) is 0 Å². The van der Waals surface area contributed by atoms with E-state index in [1.807, 2.05) is 0 Å². The van der Waals surface area contributed by atoms with Crippen LogP contribution in [0.25, 0.3) is 6.08 Å². The molecule has 22 heavy (non-hydrogen) atoms. The number of carbonyl (C=O) groups excluding carboxylic acids is 1. The molecule has 1 amide bonds. The molecule has 0 saturated carbocycles. The second-order valence-electron chi connectivity index (χ2n) is 4.43. The molecule has 6 heteroatoms. The van der Waals surface area contributed by atoms with Gasteiger partial charge in [0.1, 0.15) is 0 Å². The highest BCUT2D eigenvalue weighted by Gasteiger charge is 2.30. The maximum Gasteiger partial charge on any atom is 0.416 e. The molecule has 0 heterocycles. The summed E-state index contributed by atoms with van der Waals surface area (Å²) in [6, 6.07) is 11.4. The molecule has 0 aliphatic carbocycles. The van der Waals surface area contributed by atoms with Gasteiger partial charge in [-0.25, -0.2) is 0 Å². The molecule has 0 atom stereocenters. The Morgan fingerprint density at radius 1 is 1.09 bits per heavy atom. The van der Waals surface area contributed by atoms with Crippen LogP contribution in [0, 0.1) is 0 Å². The van der Waals surface area contributed by atoms with E-state index >= 15 is 0 Å². The van der Waals surface area contributed by atoms with Crippen molar-refractivity contribution in [2.45, 2.75) is 6.18 Å². The maximum absolute atomic E-state index is 12.6. The number of nitrogens with one attached hydrogen (secondary N) is 1. The molecule has 1 N–H and O–H groups in total. The van der Waals surface area contributed by atoms with Crippen molar-refractivity contribution in [1.82, 2.24) is 0 Å². The number of amides is 1. The molecular weight excluding hydrogens is 315 g/mol. The van der Waals surface area contributed by atoms with Crippen LogP contribution >= 0.6 is 11.6 Å². The molecule has 2 rings (SSSR count). The van der Waals surface area contributed by atoms with Crippen LogP contribution in [0.4, 0.5) is 18.9 Å². The predicted octanol–water partition coefficient (Wildman–Crippen LogP) is 5.01. The first kappa shape index (κ1) is 16.1. The van der Waals surface area contributed by atoms with E-state index in [1.54, 1.807) is 24.3 Å². The molecule has 0 aliphatic heterocycles. The Bertz CT molecular complexity index is 711. The Morgan fingerprint density at radius 3 is 2.50 bits per heavy atom. The third kappa shape index (κ3) is 4.36. The Kier molecular flexibility index (Phi) is 4.88. The fraction of sp³-hybridized carbons (Fsp3) is 0.0625. The summed E-state index contributed by atoms with van der Waals surface area (Å²) in [6.45, 7) is 0. The van der Waals surface area contributed by atoms with Crippen molar-refractivity contribution in [2.75, 3.05) is 5.32 Å². The van der Waals surface area contributed by atoms with E-state index in [0.29, 0.717) is 10.7 Å². The Labute approximate surface area is 130 Å². The van der Waals surface area contributed by atoms with Crippen LogP contribution < -0.4 is 5.32 Å². The minimum absolute atomic E-state index is 0.282. The van der Waals surface area contributed by atoms with E-state index in [-0.39, 0.29) is 5.56 Å². The first-order chi connectivity index (χ1) is 10.4. The number of para-hydroxylation sites is 1. The summed E-state index contributed by atoms with van der Waals surface area (Å²) in [6.07, 6.45) is -1.95. The van der Waals surface area contributed by atoms with Gasteiger partial charge in [-0.05, 0) is 35.9 Å². The monoisotopic (exact) mass is 325 g/mol.